The second-order valence-electron chi connectivity index (χ2n) is 5.93. The van der Waals surface area contributed by atoms with Crippen molar-refractivity contribution in [3.05, 3.63) is 35.9 Å². The number of carbonyl (C=O) groups excluding carboxylic acids is 3. The summed E-state index contributed by atoms with van der Waals surface area (Å²) in [5, 5.41) is 4.12. The van der Waals surface area contributed by atoms with E-state index in [1.54, 1.807) is 6.07 Å². The third kappa shape index (κ3) is 2.86. The molecule has 1 fully saturated rings. The predicted octanol–water partition coefficient (Wildman–Crippen LogP) is 0.930. The third-order valence-corrected chi connectivity index (χ3v) is 5.33. The van der Waals surface area contributed by atoms with Crippen LogP contribution in [0.25, 0.3) is 10.8 Å². The summed E-state index contributed by atoms with van der Waals surface area (Å²) in [7, 11) is 0. The number of nitrogens with one attached hydrogen (secondary N) is 1. The maximum absolute atomic E-state index is 13.0. The van der Waals surface area contributed by atoms with Gasteiger partial charge in [-0.05, 0) is 0 Å². The number of amides is 3. The number of piperidine rings is 1. The van der Waals surface area contributed by atoms with Crippen LogP contribution in [0.4, 0.5) is 11.4 Å². The van der Waals surface area contributed by atoms with Crippen molar-refractivity contribution in [1.82, 2.24) is 5.32 Å². The van der Waals surface area contributed by atoms with Gasteiger partial charge in [0.15, 0.2) is 0 Å². The molecule has 0 spiro atoms. The van der Waals surface area contributed by atoms with E-state index in [4.69, 9.17) is 0 Å². The molecule has 6 radical (unpaired) electrons. The van der Waals surface area contributed by atoms with Crippen LogP contribution in [0.5, 0.6) is 0 Å². The summed E-state index contributed by atoms with van der Waals surface area (Å²) in [6.45, 7) is 0. The van der Waals surface area contributed by atoms with E-state index in [-0.39, 0.29) is 18.2 Å². The van der Waals surface area contributed by atoms with E-state index in [0.29, 0.717) is 12.0 Å². The van der Waals surface area contributed by atoms with Gasteiger partial charge >= 0.3 is 177 Å². The third-order valence-electron chi connectivity index (χ3n) is 4.46. The van der Waals surface area contributed by atoms with Gasteiger partial charge in [-0.25, -0.2) is 0 Å². The molecule has 2 aliphatic rings. The fourth-order valence-corrected chi connectivity index (χ4v) is 4.38. The summed E-state index contributed by atoms with van der Waals surface area (Å²) in [5.41, 5.74) is 2.20. The van der Waals surface area contributed by atoms with E-state index in [0.717, 1.165) is 73.7 Å². The van der Waals surface area contributed by atoms with Crippen LogP contribution in [0, 0.1) is 0 Å². The number of rotatable bonds is 2. The summed E-state index contributed by atoms with van der Waals surface area (Å²) in [5.74, 6) is -0.880. The van der Waals surface area contributed by atoms with Gasteiger partial charge in [0, 0.05) is 0 Å². The maximum atomic E-state index is 13.0. The molecule has 1 saturated heterocycles. The van der Waals surface area contributed by atoms with E-state index in [9.17, 15) is 14.4 Å². The standard InChI is InChI=1S/C17H11N3O3.2Pb/c1-18-11-5-6-12-15-9(11)3-2-4-10(15)17(23)20(12)13-7-8-14(21)19-16(13)22;;/h2-6,13H,7-8H2,(H,19,21,22);;. The van der Waals surface area contributed by atoms with E-state index < -0.39 is 11.9 Å². The molecule has 2 heterocycles. The Morgan fingerprint density at radius 2 is 1.96 bits per heavy atom. The normalized spacial score (nSPS) is 19.4. The molecule has 0 bridgehead atoms. The second kappa shape index (κ2) is 6.52. The van der Waals surface area contributed by atoms with Crippen LogP contribution < -0.4 is 10.2 Å². The van der Waals surface area contributed by atoms with Crippen LogP contribution in [0.15, 0.2) is 35.3 Å². The van der Waals surface area contributed by atoms with E-state index in [1.165, 1.54) is 5.73 Å². The van der Waals surface area contributed by atoms with Gasteiger partial charge in [0.05, 0.1) is 0 Å². The molecule has 1 atom stereocenters. The second-order valence-corrected chi connectivity index (χ2v) is 17.2. The van der Waals surface area contributed by atoms with Crippen molar-refractivity contribution in [3.63, 3.8) is 0 Å². The number of aliphatic imine (C=N–C) groups is 1. The van der Waals surface area contributed by atoms with Crippen molar-refractivity contribution in [2.75, 3.05) is 4.90 Å². The van der Waals surface area contributed by atoms with Crippen LogP contribution in [0.2, 0.25) is 0 Å². The number of hydrogen-bond acceptors (Lipinski definition) is 4. The van der Waals surface area contributed by atoms with Crippen LogP contribution in [0.3, 0.4) is 0 Å². The number of anilines is 1. The molecule has 1 N–H and O–H groups in total. The van der Waals surface area contributed by atoms with Crippen molar-refractivity contribution in [2.24, 2.45) is 4.99 Å². The fourth-order valence-electron chi connectivity index (χ4n) is 3.45. The number of benzene rings is 2. The molecule has 2 aliphatic heterocycles. The first-order chi connectivity index (χ1) is 12.0. The van der Waals surface area contributed by atoms with Crippen LogP contribution in [-0.2, 0) is 9.59 Å². The van der Waals surface area contributed by atoms with Gasteiger partial charge in [-0.1, -0.05) is 0 Å². The van der Waals surface area contributed by atoms with Gasteiger partial charge in [-0.2, -0.15) is 0 Å². The first-order valence-electron chi connectivity index (χ1n) is 7.72. The van der Waals surface area contributed by atoms with Crippen molar-refractivity contribution >= 4 is 92.2 Å². The summed E-state index contributed by atoms with van der Waals surface area (Å²) in [4.78, 5) is 42.9. The zero-order valence-electron chi connectivity index (χ0n) is 13.0. The van der Waals surface area contributed by atoms with Crippen LogP contribution in [0.1, 0.15) is 23.2 Å². The molecule has 0 aliphatic carbocycles. The molecule has 120 valence electrons. The van der Waals surface area contributed by atoms with E-state index in [2.05, 4.69) is 10.3 Å². The fraction of sp³-hybridized carbons (Fsp3) is 0.176. The molecular formula is C17H11N3O3Pb2. The minimum atomic E-state index is -0.650. The predicted molar refractivity (Wildman–Crippen MR) is 95.5 cm³/mol. The first-order valence-corrected chi connectivity index (χ1v) is 11.6. The summed E-state index contributed by atoms with van der Waals surface area (Å²) in [6, 6.07) is 8.74. The van der Waals surface area contributed by atoms with Gasteiger partial charge in [0.1, 0.15) is 0 Å². The van der Waals surface area contributed by atoms with Crippen molar-refractivity contribution in [1.29, 1.82) is 0 Å². The van der Waals surface area contributed by atoms with Gasteiger partial charge in [0.25, 0.3) is 0 Å². The number of hydrogen-bond donors (Lipinski definition) is 1. The number of carbonyl (C=O) groups is 3. The SMILES string of the molecule is O=C1CCC(N2C(=O)c3cccc4c(N=[C]([Pb])[Pb])ccc2c34)C(=O)N1. The Balaban J connectivity index is 1.89. The quantitative estimate of drug-likeness (QED) is 0.286. The average molecular weight is 720 g/mol. The molecule has 3 amide bonds. The molecule has 6 nitrogen and oxygen atoms in total. The van der Waals surface area contributed by atoms with Crippen LogP contribution in [-0.4, -0.2) is 76.1 Å². The van der Waals surface area contributed by atoms with Gasteiger partial charge in [-0.3, -0.25) is 0 Å². The monoisotopic (exact) mass is 721 g/mol. The van der Waals surface area contributed by atoms with Crippen molar-refractivity contribution in [3.8, 4) is 0 Å². The molecule has 2 aromatic carbocycles. The Morgan fingerprint density at radius 1 is 1.16 bits per heavy atom. The molecular weight excluding hydrogens is 709 g/mol. The Bertz CT molecular complexity index is 983. The first kappa shape index (κ1) is 17.2. The van der Waals surface area contributed by atoms with E-state index >= 15 is 0 Å². The van der Waals surface area contributed by atoms with Gasteiger partial charge < -0.3 is 0 Å². The van der Waals surface area contributed by atoms with Crippen molar-refractivity contribution in [2.45, 2.75) is 18.9 Å². The van der Waals surface area contributed by atoms with Crippen LogP contribution >= 0.6 is 0 Å². The minimum absolute atomic E-state index is 0.187. The summed E-state index contributed by atoms with van der Waals surface area (Å²) >= 11 is 1.87. The Hall–Kier alpha value is -1.18. The Kier molecular flexibility index (Phi) is 4.50. The molecule has 0 saturated carbocycles. The Labute approximate surface area is 175 Å². The van der Waals surface area contributed by atoms with E-state index in [1.807, 2.05) is 24.3 Å². The molecule has 2 aromatic rings. The zero-order chi connectivity index (χ0) is 17.7. The molecule has 8 heteroatoms. The van der Waals surface area contributed by atoms with Crippen molar-refractivity contribution < 1.29 is 14.4 Å². The Morgan fingerprint density at radius 3 is 2.68 bits per heavy atom. The molecule has 0 aromatic heterocycles. The molecule has 1 unspecified atom stereocenters. The zero-order valence-corrected chi connectivity index (χ0v) is 20.8. The van der Waals surface area contributed by atoms with Gasteiger partial charge in [-0.15, -0.1) is 0 Å². The van der Waals surface area contributed by atoms with Gasteiger partial charge in [0.2, 0.25) is 0 Å². The summed E-state index contributed by atoms with van der Waals surface area (Å²) < 4.78 is 1.20. The molecule has 25 heavy (non-hydrogen) atoms. The number of imide groups is 1. The molecule has 4 rings (SSSR count). The topological polar surface area (TPSA) is 78.8 Å². The average Bonchev–Trinajstić information content (AvgIpc) is 2.84. The summed E-state index contributed by atoms with van der Waals surface area (Å²) in [6.07, 6.45) is 0.587. The number of nitrogens with zero attached hydrogens (tertiary/aromatic N) is 2.